The van der Waals surface area contributed by atoms with Crippen molar-refractivity contribution in [3.05, 3.63) is 83.6 Å². The van der Waals surface area contributed by atoms with Crippen molar-refractivity contribution in [1.29, 1.82) is 5.26 Å². The first kappa shape index (κ1) is 13.9. The molecule has 2 nitrogen and oxygen atoms in total. The molecule has 0 N–H and O–H groups in total. The van der Waals surface area contributed by atoms with E-state index < -0.39 is 0 Å². The van der Waals surface area contributed by atoms with E-state index in [1.54, 1.807) is 0 Å². The van der Waals surface area contributed by atoms with Crippen LogP contribution in [0.3, 0.4) is 0 Å². The van der Waals surface area contributed by atoms with Crippen LogP contribution in [0.1, 0.15) is 18.1 Å². The molecule has 2 heteroatoms. The van der Waals surface area contributed by atoms with Crippen molar-refractivity contribution >= 4 is 0 Å². The standard InChI is InChI=1S/C18H18N2/c1-2-18(13-19)20(14-16-9-5-3-6-10-16)15-17-11-7-4-8-12-17/h2-12H,14-15H2,1H3. The first-order valence-electron chi connectivity index (χ1n) is 6.72. The lowest BCUT2D eigenvalue weighted by molar-refractivity contribution is 0.341. The first-order chi connectivity index (χ1) is 9.83. The Bertz CT molecular complexity index is 553. The minimum absolute atomic E-state index is 0.706. The molecule has 0 bridgehead atoms. The average molecular weight is 262 g/mol. The summed E-state index contributed by atoms with van der Waals surface area (Å²) in [5.74, 6) is 0. The largest absolute Gasteiger partial charge is 0.355 e. The fraction of sp³-hybridized carbons (Fsp3) is 0.167. The Morgan fingerprint density at radius 2 is 1.40 bits per heavy atom. The second-order valence-electron chi connectivity index (χ2n) is 4.61. The van der Waals surface area contributed by atoms with Crippen LogP contribution in [-0.2, 0) is 13.1 Å². The van der Waals surface area contributed by atoms with Gasteiger partial charge in [0.25, 0.3) is 0 Å². The molecular formula is C18H18N2. The highest BCUT2D eigenvalue weighted by molar-refractivity contribution is 5.24. The smallest absolute Gasteiger partial charge is 0.117 e. The van der Waals surface area contributed by atoms with Gasteiger partial charge in [-0.3, -0.25) is 0 Å². The van der Waals surface area contributed by atoms with E-state index in [-0.39, 0.29) is 0 Å². The Hall–Kier alpha value is -2.53. The summed E-state index contributed by atoms with van der Waals surface area (Å²) in [6.07, 6.45) is 1.87. The number of allylic oxidation sites excluding steroid dienone is 2. The van der Waals surface area contributed by atoms with Gasteiger partial charge in [0.1, 0.15) is 11.8 Å². The minimum Gasteiger partial charge on any atom is -0.355 e. The number of hydrogen-bond donors (Lipinski definition) is 0. The molecule has 0 heterocycles. The van der Waals surface area contributed by atoms with E-state index in [2.05, 4.69) is 35.2 Å². The van der Waals surface area contributed by atoms with E-state index in [9.17, 15) is 5.26 Å². The predicted octanol–water partition coefficient (Wildman–Crippen LogP) is 4.12. The van der Waals surface area contributed by atoms with Crippen LogP contribution in [0, 0.1) is 11.3 Å². The van der Waals surface area contributed by atoms with Crippen LogP contribution in [0.4, 0.5) is 0 Å². The van der Waals surface area contributed by atoms with Gasteiger partial charge < -0.3 is 4.90 Å². The summed E-state index contributed by atoms with van der Waals surface area (Å²) in [6.45, 7) is 3.38. The fourth-order valence-corrected chi connectivity index (χ4v) is 2.15. The summed E-state index contributed by atoms with van der Waals surface area (Å²) in [6, 6.07) is 22.7. The van der Waals surface area contributed by atoms with E-state index in [0.29, 0.717) is 5.70 Å². The first-order valence-corrected chi connectivity index (χ1v) is 6.72. The third-order valence-corrected chi connectivity index (χ3v) is 3.16. The maximum absolute atomic E-state index is 9.29. The summed E-state index contributed by atoms with van der Waals surface area (Å²) < 4.78 is 0. The van der Waals surface area contributed by atoms with Crippen LogP contribution >= 0.6 is 0 Å². The molecule has 0 radical (unpaired) electrons. The second-order valence-corrected chi connectivity index (χ2v) is 4.61. The van der Waals surface area contributed by atoms with Crippen molar-refractivity contribution < 1.29 is 0 Å². The van der Waals surface area contributed by atoms with E-state index in [1.165, 1.54) is 11.1 Å². The van der Waals surface area contributed by atoms with Gasteiger partial charge in [-0.25, -0.2) is 0 Å². The van der Waals surface area contributed by atoms with Crippen molar-refractivity contribution in [3.63, 3.8) is 0 Å². The molecule has 0 saturated heterocycles. The summed E-state index contributed by atoms with van der Waals surface area (Å²) in [7, 11) is 0. The average Bonchev–Trinajstić information content (AvgIpc) is 2.50. The molecule has 0 aliphatic heterocycles. The van der Waals surface area contributed by atoms with Gasteiger partial charge >= 0.3 is 0 Å². The maximum Gasteiger partial charge on any atom is 0.117 e. The van der Waals surface area contributed by atoms with Crippen LogP contribution in [0.2, 0.25) is 0 Å². The van der Waals surface area contributed by atoms with Crippen LogP contribution in [0.15, 0.2) is 72.4 Å². The van der Waals surface area contributed by atoms with Gasteiger partial charge in [-0.1, -0.05) is 66.7 Å². The van der Waals surface area contributed by atoms with Gasteiger partial charge in [0.05, 0.1) is 0 Å². The highest BCUT2D eigenvalue weighted by atomic mass is 15.1. The maximum atomic E-state index is 9.29. The highest BCUT2D eigenvalue weighted by Crippen LogP contribution is 2.15. The molecule has 0 aliphatic rings. The minimum atomic E-state index is 0.706. The Balaban J connectivity index is 2.20. The van der Waals surface area contributed by atoms with Crippen LogP contribution in [0.25, 0.3) is 0 Å². The lowest BCUT2D eigenvalue weighted by atomic mass is 10.1. The summed E-state index contributed by atoms with van der Waals surface area (Å²) in [5.41, 5.74) is 3.12. The Morgan fingerprint density at radius 3 is 1.75 bits per heavy atom. The third-order valence-electron chi connectivity index (χ3n) is 3.16. The normalized spacial score (nSPS) is 10.9. The molecule has 2 aromatic carbocycles. The molecule has 0 aliphatic carbocycles. The molecule has 0 spiro atoms. The zero-order chi connectivity index (χ0) is 14.2. The molecular weight excluding hydrogens is 244 g/mol. The lowest BCUT2D eigenvalue weighted by Gasteiger charge is -2.24. The number of benzene rings is 2. The van der Waals surface area contributed by atoms with E-state index in [4.69, 9.17) is 0 Å². The molecule has 0 amide bonds. The SMILES string of the molecule is CC=C(C#N)N(Cc1ccccc1)Cc1ccccc1. The van der Waals surface area contributed by atoms with Gasteiger partial charge in [0.2, 0.25) is 0 Å². The molecule has 2 rings (SSSR count). The van der Waals surface area contributed by atoms with Crippen molar-refractivity contribution in [2.75, 3.05) is 0 Å². The van der Waals surface area contributed by atoms with E-state index in [1.807, 2.05) is 49.4 Å². The monoisotopic (exact) mass is 262 g/mol. The summed E-state index contributed by atoms with van der Waals surface area (Å²) in [5, 5.41) is 9.29. The number of rotatable bonds is 5. The van der Waals surface area contributed by atoms with E-state index in [0.717, 1.165) is 13.1 Å². The van der Waals surface area contributed by atoms with Gasteiger partial charge in [-0.15, -0.1) is 0 Å². The van der Waals surface area contributed by atoms with Crippen LogP contribution in [0.5, 0.6) is 0 Å². The van der Waals surface area contributed by atoms with Crippen LogP contribution in [-0.4, -0.2) is 4.90 Å². The summed E-state index contributed by atoms with van der Waals surface area (Å²) in [4.78, 5) is 2.10. The van der Waals surface area contributed by atoms with Crippen molar-refractivity contribution in [2.45, 2.75) is 20.0 Å². The zero-order valence-electron chi connectivity index (χ0n) is 11.7. The van der Waals surface area contributed by atoms with Crippen molar-refractivity contribution in [1.82, 2.24) is 4.90 Å². The number of nitriles is 1. The van der Waals surface area contributed by atoms with Gasteiger partial charge in [-0.2, -0.15) is 5.26 Å². The quantitative estimate of drug-likeness (QED) is 0.758. The van der Waals surface area contributed by atoms with Gasteiger partial charge in [-0.05, 0) is 18.1 Å². The number of hydrogen-bond acceptors (Lipinski definition) is 2. The molecule has 0 fully saturated rings. The molecule has 20 heavy (non-hydrogen) atoms. The van der Waals surface area contributed by atoms with Gasteiger partial charge in [0.15, 0.2) is 0 Å². The highest BCUT2D eigenvalue weighted by Gasteiger charge is 2.09. The van der Waals surface area contributed by atoms with Crippen molar-refractivity contribution in [2.24, 2.45) is 0 Å². The fourth-order valence-electron chi connectivity index (χ4n) is 2.15. The van der Waals surface area contributed by atoms with Crippen LogP contribution < -0.4 is 0 Å². The van der Waals surface area contributed by atoms with Gasteiger partial charge in [0, 0.05) is 13.1 Å². The van der Waals surface area contributed by atoms with Crippen molar-refractivity contribution in [3.8, 4) is 6.07 Å². The predicted molar refractivity (Wildman–Crippen MR) is 81.5 cm³/mol. The molecule has 0 aromatic heterocycles. The summed E-state index contributed by atoms with van der Waals surface area (Å²) >= 11 is 0. The Labute approximate surface area is 120 Å². The third kappa shape index (κ3) is 3.73. The topological polar surface area (TPSA) is 27.0 Å². The number of nitrogens with zero attached hydrogens (tertiary/aromatic N) is 2. The molecule has 0 atom stereocenters. The Kier molecular flexibility index (Phi) is 4.97. The molecule has 100 valence electrons. The zero-order valence-corrected chi connectivity index (χ0v) is 11.7. The Morgan fingerprint density at radius 1 is 0.950 bits per heavy atom. The molecule has 2 aromatic rings. The second kappa shape index (κ2) is 7.16. The molecule has 0 unspecified atom stereocenters. The molecule has 0 saturated carbocycles. The lowest BCUT2D eigenvalue weighted by Crippen LogP contribution is -2.21. The van der Waals surface area contributed by atoms with E-state index >= 15 is 0 Å².